The van der Waals surface area contributed by atoms with Crippen molar-refractivity contribution in [3.05, 3.63) is 43.0 Å². The van der Waals surface area contributed by atoms with Crippen LogP contribution in [0.15, 0.2) is 43.0 Å². The van der Waals surface area contributed by atoms with Crippen molar-refractivity contribution in [1.29, 1.82) is 0 Å². The maximum absolute atomic E-state index is 12.6. The third kappa shape index (κ3) is 3.17. The molecule has 0 radical (unpaired) electrons. The van der Waals surface area contributed by atoms with E-state index < -0.39 is 0 Å². The molecule has 0 bridgehead atoms. The van der Waals surface area contributed by atoms with Crippen LogP contribution < -0.4 is 9.47 Å². The quantitative estimate of drug-likeness (QED) is 0.692. The Morgan fingerprint density at radius 1 is 1.19 bits per heavy atom. The van der Waals surface area contributed by atoms with Crippen LogP contribution in [-0.2, 0) is 11.3 Å². The van der Waals surface area contributed by atoms with E-state index in [1.54, 1.807) is 18.7 Å². The van der Waals surface area contributed by atoms with E-state index in [0.29, 0.717) is 24.8 Å². The summed E-state index contributed by atoms with van der Waals surface area (Å²) in [5.41, 5.74) is 1.84. The lowest BCUT2D eigenvalue weighted by atomic mass is 10.3. The minimum atomic E-state index is -0.121. The summed E-state index contributed by atoms with van der Waals surface area (Å²) in [4.78, 5) is 27.0. The summed E-state index contributed by atoms with van der Waals surface area (Å²) in [5, 5.41) is 0. The second-order valence-electron chi connectivity index (χ2n) is 6.10. The molecule has 3 heterocycles. The summed E-state index contributed by atoms with van der Waals surface area (Å²) in [6, 6.07) is 7.78. The Hall–Kier alpha value is -3.16. The monoisotopic (exact) mass is 353 g/mol. The predicted molar refractivity (Wildman–Crippen MR) is 93.9 cm³/mol. The lowest BCUT2D eigenvalue weighted by Gasteiger charge is -2.18. The van der Waals surface area contributed by atoms with Crippen LogP contribution in [-0.4, -0.2) is 56.6 Å². The van der Waals surface area contributed by atoms with Crippen molar-refractivity contribution in [1.82, 2.24) is 24.4 Å². The van der Waals surface area contributed by atoms with Crippen molar-refractivity contribution in [2.45, 2.75) is 19.1 Å². The molecule has 1 saturated heterocycles. The number of imidazole rings is 1. The van der Waals surface area contributed by atoms with Gasteiger partial charge in [0, 0.05) is 25.4 Å². The Morgan fingerprint density at radius 3 is 2.85 bits per heavy atom. The number of rotatable bonds is 5. The zero-order valence-corrected chi connectivity index (χ0v) is 14.4. The van der Waals surface area contributed by atoms with Gasteiger partial charge in [0.1, 0.15) is 12.6 Å². The first kappa shape index (κ1) is 16.3. The van der Waals surface area contributed by atoms with E-state index in [9.17, 15) is 4.79 Å². The Kier molecular flexibility index (Phi) is 4.39. The maximum Gasteiger partial charge on any atom is 0.278 e. The number of para-hydroxylation sites is 2. The van der Waals surface area contributed by atoms with Gasteiger partial charge in [0.2, 0.25) is 5.91 Å². The highest BCUT2D eigenvalue weighted by Crippen LogP contribution is 2.24. The third-order valence-electron chi connectivity index (χ3n) is 4.44. The van der Waals surface area contributed by atoms with Gasteiger partial charge in [0.05, 0.1) is 31.0 Å². The summed E-state index contributed by atoms with van der Waals surface area (Å²) in [7, 11) is 1.52. The van der Waals surface area contributed by atoms with E-state index in [-0.39, 0.29) is 18.6 Å². The van der Waals surface area contributed by atoms with Crippen LogP contribution in [0.1, 0.15) is 6.42 Å². The lowest BCUT2D eigenvalue weighted by molar-refractivity contribution is -0.131. The molecule has 1 aliphatic rings. The number of nitrogens with zero attached hydrogens (tertiary/aromatic N) is 5. The fraction of sp³-hybridized carbons (Fsp3) is 0.333. The first-order valence-electron chi connectivity index (χ1n) is 8.44. The molecule has 1 fully saturated rings. The van der Waals surface area contributed by atoms with Gasteiger partial charge in [-0.05, 0) is 12.1 Å². The predicted octanol–water partition coefficient (Wildman–Crippen LogP) is 1.51. The smallest absolute Gasteiger partial charge is 0.278 e. The normalized spacial score (nSPS) is 16.8. The Labute approximate surface area is 150 Å². The molecule has 1 aliphatic heterocycles. The van der Waals surface area contributed by atoms with Crippen LogP contribution in [0, 0.1) is 0 Å². The number of likely N-dealkylation sites (tertiary alicyclic amines) is 1. The molecule has 1 aromatic carbocycles. The van der Waals surface area contributed by atoms with Gasteiger partial charge in [0.15, 0.2) is 0 Å². The van der Waals surface area contributed by atoms with E-state index >= 15 is 0 Å². The number of ether oxygens (including phenoxy) is 2. The number of amides is 1. The summed E-state index contributed by atoms with van der Waals surface area (Å²) in [6.45, 7) is 1.44. The van der Waals surface area contributed by atoms with Gasteiger partial charge < -0.3 is 18.9 Å². The topological polar surface area (TPSA) is 82.4 Å². The number of benzene rings is 1. The van der Waals surface area contributed by atoms with Crippen LogP contribution >= 0.6 is 0 Å². The van der Waals surface area contributed by atoms with Crippen LogP contribution in [0.3, 0.4) is 0 Å². The second-order valence-corrected chi connectivity index (χ2v) is 6.10. The Balaban J connectivity index is 1.39. The van der Waals surface area contributed by atoms with Gasteiger partial charge in [-0.25, -0.2) is 15.0 Å². The molecule has 26 heavy (non-hydrogen) atoms. The minimum Gasteiger partial charge on any atom is -0.477 e. The van der Waals surface area contributed by atoms with Gasteiger partial charge in [0.25, 0.3) is 11.8 Å². The van der Waals surface area contributed by atoms with Crippen molar-refractivity contribution in [3.63, 3.8) is 0 Å². The molecular formula is C18H19N5O3. The molecule has 0 spiro atoms. The highest BCUT2D eigenvalue weighted by atomic mass is 16.5. The standard InChI is InChI=1S/C18H19N5O3/c1-25-17-18(20-8-7-19-17)26-13-6-9-22(10-13)16(24)11-23-12-21-14-4-2-3-5-15(14)23/h2-5,7-8,12-13H,6,9-11H2,1H3/t13-/m1/s1. The summed E-state index contributed by atoms with van der Waals surface area (Å²) >= 11 is 0. The molecule has 0 saturated carbocycles. The molecular weight excluding hydrogens is 334 g/mol. The van der Waals surface area contributed by atoms with Gasteiger partial charge in [-0.15, -0.1) is 0 Å². The SMILES string of the molecule is COc1nccnc1O[C@@H]1CCN(C(=O)Cn2cnc3ccccc32)C1. The minimum absolute atomic E-state index is 0.0466. The average molecular weight is 353 g/mol. The second kappa shape index (κ2) is 6.99. The van der Waals surface area contributed by atoms with Crippen LogP contribution in [0.2, 0.25) is 0 Å². The van der Waals surface area contributed by atoms with Crippen LogP contribution in [0.5, 0.6) is 11.8 Å². The molecule has 0 unspecified atom stereocenters. The van der Waals surface area contributed by atoms with Crippen molar-refractivity contribution in [3.8, 4) is 11.8 Å². The fourth-order valence-corrected chi connectivity index (χ4v) is 3.12. The molecule has 4 rings (SSSR count). The Morgan fingerprint density at radius 2 is 2.00 bits per heavy atom. The molecule has 2 aromatic heterocycles. The lowest BCUT2D eigenvalue weighted by Crippen LogP contribution is -2.33. The number of carbonyl (C=O) groups is 1. The number of carbonyl (C=O) groups excluding carboxylic acids is 1. The van der Waals surface area contributed by atoms with Gasteiger partial charge in [-0.2, -0.15) is 0 Å². The van der Waals surface area contributed by atoms with Gasteiger partial charge in [-0.3, -0.25) is 4.79 Å². The van der Waals surface area contributed by atoms with Crippen LogP contribution in [0.25, 0.3) is 11.0 Å². The van der Waals surface area contributed by atoms with Crippen molar-refractivity contribution in [2.75, 3.05) is 20.2 Å². The molecule has 1 amide bonds. The molecule has 0 N–H and O–H groups in total. The van der Waals surface area contributed by atoms with E-state index in [0.717, 1.165) is 17.5 Å². The molecule has 0 aliphatic carbocycles. The molecule has 3 aromatic rings. The Bertz CT molecular complexity index is 926. The first-order chi connectivity index (χ1) is 12.7. The zero-order valence-electron chi connectivity index (χ0n) is 14.4. The summed E-state index contributed by atoms with van der Waals surface area (Å²) in [6.07, 6.45) is 5.43. The number of hydrogen-bond donors (Lipinski definition) is 0. The molecule has 134 valence electrons. The highest BCUT2D eigenvalue weighted by Gasteiger charge is 2.29. The number of hydrogen-bond acceptors (Lipinski definition) is 6. The zero-order chi connectivity index (χ0) is 17.9. The van der Waals surface area contributed by atoms with E-state index in [1.807, 2.05) is 33.7 Å². The van der Waals surface area contributed by atoms with E-state index in [2.05, 4.69) is 15.0 Å². The average Bonchev–Trinajstić information content (AvgIpc) is 3.30. The molecule has 1 atom stereocenters. The van der Waals surface area contributed by atoms with E-state index in [4.69, 9.17) is 9.47 Å². The molecule has 8 nitrogen and oxygen atoms in total. The van der Waals surface area contributed by atoms with Gasteiger partial charge in [-0.1, -0.05) is 12.1 Å². The van der Waals surface area contributed by atoms with Crippen LogP contribution in [0.4, 0.5) is 0 Å². The van der Waals surface area contributed by atoms with Crippen molar-refractivity contribution < 1.29 is 14.3 Å². The van der Waals surface area contributed by atoms with E-state index in [1.165, 1.54) is 7.11 Å². The van der Waals surface area contributed by atoms with Crippen molar-refractivity contribution >= 4 is 16.9 Å². The fourth-order valence-electron chi connectivity index (χ4n) is 3.12. The van der Waals surface area contributed by atoms with Crippen molar-refractivity contribution in [2.24, 2.45) is 0 Å². The maximum atomic E-state index is 12.6. The number of aromatic nitrogens is 4. The number of methoxy groups -OCH3 is 1. The first-order valence-corrected chi connectivity index (χ1v) is 8.44. The largest absolute Gasteiger partial charge is 0.477 e. The molecule has 8 heteroatoms. The summed E-state index contributed by atoms with van der Waals surface area (Å²) < 4.78 is 12.9. The summed E-state index contributed by atoms with van der Waals surface area (Å²) in [5.74, 6) is 0.752. The van der Waals surface area contributed by atoms with Gasteiger partial charge >= 0.3 is 0 Å². The number of fused-ring (bicyclic) bond motifs is 1. The third-order valence-corrected chi connectivity index (χ3v) is 4.44. The highest BCUT2D eigenvalue weighted by molar-refractivity contribution is 5.80.